The largest absolute Gasteiger partial charge is 0.354 e. The number of aryl methyl sites for hydroxylation is 3. The smallest absolute Gasteiger partial charge is 0.0532 e. The maximum atomic E-state index is 3.58. The number of hydrogen-bond acceptors (Lipinski definition) is 2. The third kappa shape index (κ3) is 2.53. The second-order valence-corrected chi connectivity index (χ2v) is 7.29. The van der Waals surface area contributed by atoms with Crippen molar-refractivity contribution in [2.75, 3.05) is 5.32 Å². The van der Waals surface area contributed by atoms with Crippen molar-refractivity contribution in [1.29, 1.82) is 0 Å². The molecule has 0 bridgehead atoms. The van der Waals surface area contributed by atoms with Crippen LogP contribution >= 0.6 is 11.8 Å². The van der Waals surface area contributed by atoms with Gasteiger partial charge in [0.25, 0.3) is 0 Å². The molecule has 1 N–H and O–H groups in total. The van der Waals surface area contributed by atoms with E-state index in [1.165, 1.54) is 49.0 Å². The molecule has 0 amide bonds. The summed E-state index contributed by atoms with van der Waals surface area (Å²) in [6.07, 6.45) is 0. The predicted octanol–water partition coefficient (Wildman–Crippen LogP) is 6.49. The summed E-state index contributed by atoms with van der Waals surface area (Å²) in [4.78, 5) is 2.57. The standard InChI is InChI=1S/C21H19NS/c1-13-10-14(2)21(15(3)11-13)16-8-9-20-18(12-16)22-17-6-4-5-7-19(17)23-20/h4-12,22H,1-3H3. The lowest BCUT2D eigenvalue weighted by Crippen LogP contribution is -2.00. The van der Waals surface area contributed by atoms with Gasteiger partial charge in [-0.05, 0) is 67.3 Å². The Morgan fingerprint density at radius 1 is 0.739 bits per heavy atom. The minimum atomic E-state index is 1.19. The van der Waals surface area contributed by atoms with Gasteiger partial charge >= 0.3 is 0 Å². The number of rotatable bonds is 1. The van der Waals surface area contributed by atoms with E-state index in [0.717, 1.165) is 0 Å². The molecule has 0 radical (unpaired) electrons. The summed E-state index contributed by atoms with van der Waals surface area (Å²) in [6, 6.07) is 19.8. The number of anilines is 2. The van der Waals surface area contributed by atoms with Crippen LogP contribution in [0.25, 0.3) is 11.1 Å². The number of nitrogens with one attached hydrogen (secondary N) is 1. The first-order valence-corrected chi connectivity index (χ1v) is 8.69. The monoisotopic (exact) mass is 317 g/mol. The summed E-state index contributed by atoms with van der Waals surface area (Å²) in [6.45, 7) is 6.56. The van der Waals surface area contributed by atoms with E-state index in [4.69, 9.17) is 0 Å². The summed E-state index contributed by atoms with van der Waals surface area (Å²) in [5.41, 5.74) is 9.03. The van der Waals surface area contributed by atoms with Crippen molar-refractivity contribution in [1.82, 2.24) is 0 Å². The van der Waals surface area contributed by atoms with Gasteiger partial charge in [0.1, 0.15) is 0 Å². The Morgan fingerprint density at radius 2 is 1.43 bits per heavy atom. The summed E-state index contributed by atoms with van der Waals surface area (Å²) >= 11 is 1.83. The molecule has 23 heavy (non-hydrogen) atoms. The minimum absolute atomic E-state index is 1.19. The number of hydrogen-bond donors (Lipinski definition) is 1. The van der Waals surface area contributed by atoms with Crippen LogP contribution < -0.4 is 5.32 Å². The van der Waals surface area contributed by atoms with Gasteiger partial charge in [0.15, 0.2) is 0 Å². The molecule has 4 rings (SSSR count). The first-order chi connectivity index (χ1) is 11.1. The molecule has 1 nitrogen and oxygen atoms in total. The van der Waals surface area contributed by atoms with Gasteiger partial charge in [-0.15, -0.1) is 0 Å². The molecule has 0 saturated carbocycles. The fraction of sp³-hybridized carbons (Fsp3) is 0.143. The van der Waals surface area contributed by atoms with E-state index in [-0.39, 0.29) is 0 Å². The molecule has 114 valence electrons. The Bertz CT molecular complexity index is 888. The molecule has 1 aliphatic rings. The zero-order valence-electron chi connectivity index (χ0n) is 13.6. The van der Waals surface area contributed by atoms with Gasteiger partial charge in [-0.25, -0.2) is 0 Å². The van der Waals surface area contributed by atoms with Crippen molar-refractivity contribution >= 4 is 23.1 Å². The normalized spacial score (nSPS) is 12.3. The molecular weight excluding hydrogens is 298 g/mol. The molecular formula is C21H19NS. The summed E-state index contributed by atoms with van der Waals surface area (Å²) in [5.74, 6) is 0. The maximum Gasteiger partial charge on any atom is 0.0532 e. The highest BCUT2D eigenvalue weighted by Gasteiger charge is 2.16. The molecule has 1 aliphatic heterocycles. The molecule has 3 aromatic rings. The van der Waals surface area contributed by atoms with Crippen molar-refractivity contribution in [3.63, 3.8) is 0 Å². The van der Waals surface area contributed by atoms with Crippen molar-refractivity contribution in [2.24, 2.45) is 0 Å². The van der Waals surface area contributed by atoms with Crippen molar-refractivity contribution in [3.05, 3.63) is 71.3 Å². The average molecular weight is 317 g/mol. The molecule has 1 heterocycles. The summed E-state index contributed by atoms with van der Waals surface area (Å²) < 4.78 is 0. The minimum Gasteiger partial charge on any atom is -0.354 e. The zero-order chi connectivity index (χ0) is 16.0. The molecule has 0 aliphatic carbocycles. The summed E-state index contributed by atoms with van der Waals surface area (Å²) in [7, 11) is 0. The van der Waals surface area contributed by atoms with Crippen LogP contribution in [0.4, 0.5) is 11.4 Å². The highest BCUT2D eigenvalue weighted by Crippen LogP contribution is 2.45. The lowest BCUT2D eigenvalue weighted by atomic mass is 9.93. The highest BCUT2D eigenvalue weighted by atomic mass is 32.2. The van der Waals surface area contributed by atoms with Gasteiger partial charge in [-0.1, -0.05) is 47.7 Å². The molecule has 3 aromatic carbocycles. The predicted molar refractivity (Wildman–Crippen MR) is 99.9 cm³/mol. The molecule has 0 fully saturated rings. The fourth-order valence-corrected chi connectivity index (χ4v) is 4.40. The van der Waals surface area contributed by atoms with E-state index in [2.05, 4.69) is 80.7 Å². The Morgan fingerprint density at radius 3 is 2.22 bits per heavy atom. The Balaban J connectivity index is 1.81. The van der Waals surface area contributed by atoms with E-state index >= 15 is 0 Å². The first-order valence-electron chi connectivity index (χ1n) is 7.88. The van der Waals surface area contributed by atoms with E-state index < -0.39 is 0 Å². The lowest BCUT2D eigenvalue weighted by Gasteiger charge is -2.22. The number of para-hydroxylation sites is 1. The van der Waals surface area contributed by atoms with Crippen LogP contribution in [0, 0.1) is 20.8 Å². The first kappa shape index (κ1) is 14.4. The second-order valence-electron chi connectivity index (χ2n) is 6.21. The molecule has 0 unspecified atom stereocenters. The topological polar surface area (TPSA) is 12.0 Å². The van der Waals surface area contributed by atoms with Gasteiger partial charge in [0.2, 0.25) is 0 Å². The van der Waals surface area contributed by atoms with Gasteiger partial charge in [-0.3, -0.25) is 0 Å². The maximum absolute atomic E-state index is 3.58. The van der Waals surface area contributed by atoms with Gasteiger partial charge in [-0.2, -0.15) is 0 Å². The van der Waals surface area contributed by atoms with Crippen LogP contribution in [-0.2, 0) is 0 Å². The molecule has 0 saturated heterocycles. The van der Waals surface area contributed by atoms with Gasteiger partial charge in [0.05, 0.1) is 11.4 Å². The van der Waals surface area contributed by atoms with Crippen LogP contribution in [0.15, 0.2) is 64.4 Å². The van der Waals surface area contributed by atoms with Crippen LogP contribution in [0.1, 0.15) is 16.7 Å². The lowest BCUT2D eigenvalue weighted by molar-refractivity contribution is 1.29. The average Bonchev–Trinajstić information content (AvgIpc) is 2.52. The summed E-state index contributed by atoms with van der Waals surface area (Å²) in [5, 5.41) is 3.58. The van der Waals surface area contributed by atoms with Crippen molar-refractivity contribution in [2.45, 2.75) is 30.6 Å². The van der Waals surface area contributed by atoms with E-state index in [1.54, 1.807) is 0 Å². The van der Waals surface area contributed by atoms with Crippen LogP contribution in [0.5, 0.6) is 0 Å². The SMILES string of the molecule is Cc1cc(C)c(-c2ccc3c(c2)Nc2ccccc2S3)c(C)c1. The van der Waals surface area contributed by atoms with Crippen LogP contribution in [0.2, 0.25) is 0 Å². The van der Waals surface area contributed by atoms with E-state index in [1.807, 2.05) is 11.8 Å². The van der Waals surface area contributed by atoms with E-state index in [9.17, 15) is 0 Å². The quantitative estimate of drug-likeness (QED) is 0.431. The Labute approximate surface area is 141 Å². The van der Waals surface area contributed by atoms with E-state index in [0.29, 0.717) is 0 Å². The third-order valence-electron chi connectivity index (χ3n) is 4.32. The second kappa shape index (κ2) is 5.47. The number of fused-ring (bicyclic) bond motifs is 2. The van der Waals surface area contributed by atoms with Gasteiger partial charge < -0.3 is 5.32 Å². The van der Waals surface area contributed by atoms with Crippen molar-refractivity contribution in [3.8, 4) is 11.1 Å². The molecule has 0 atom stereocenters. The van der Waals surface area contributed by atoms with Crippen LogP contribution in [-0.4, -0.2) is 0 Å². The van der Waals surface area contributed by atoms with Gasteiger partial charge in [0, 0.05) is 9.79 Å². The Hall–Kier alpha value is -2.19. The zero-order valence-corrected chi connectivity index (χ0v) is 14.4. The van der Waals surface area contributed by atoms with Crippen LogP contribution in [0.3, 0.4) is 0 Å². The fourth-order valence-electron chi connectivity index (χ4n) is 3.43. The molecule has 2 heteroatoms. The third-order valence-corrected chi connectivity index (χ3v) is 5.47. The number of benzene rings is 3. The van der Waals surface area contributed by atoms with Crippen molar-refractivity contribution < 1.29 is 0 Å². The highest BCUT2D eigenvalue weighted by molar-refractivity contribution is 7.99. The molecule has 0 aromatic heterocycles. The molecule has 0 spiro atoms. The Kier molecular flexibility index (Phi) is 3.42.